The van der Waals surface area contributed by atoms with Crippen molar-refractivity contribution in [1.29, 1.82) is 0 Å². The summed E-state index contributed by atoms with van der Waals surface area (Å²) < 4.78 is 5.79. The van der Waals surface area contributed by atoms with Crippen LogP contribution in [0, 0.1) is 0 Å². The summed E-state index contributed by atoms with van der Waals surface area (Å²) in [6, 6.07) is 11.8. The number of ether oxygens (including phenoxy) is 1. The van der Waals surface area contributed by atoms with Gasteiger partial charge in [0.15, 0.2) is 0 Å². The maximum atomic E-state index is 6.51. The van der Waals surface area contributed by atoms with E-state index >= 15 is 0 Å². The summed E-state index contributed by atoms with van der Waals surface area (Å²) in [5.74, 6) is 0.786. The summed E-state index contributed by atoms with van der Waals surface area (Å²) in [5.41, 5.74) is 10.8. The maximum Gasteiger partial charge on any atom is 0.145 e. The van der Waals surface area contributed by atoms with E-state index in [-0.39, 0.29) is 0 Å². The molecule has 150 valence electrons. The average molecular weight is 428 g/mol. The van der Waals surface area contributed by atoms with Gasteiger partial charge in [-0.15, -0.1) is 0 Å². The molecule has 0 atom stereocenters. The van der Waals surface area contributed by atoms with Crippen molar-refractivity contribution in [3.8, 4) is 17.0 Å². The molecule has 2 heterocycles. The zero-order valence-electron chi connectivity index (χ0n) is 16.3. The molecular formula is C23H23Cl2N3O. The highest BCUT2D eigenvalue weighted by molar-refractivity contribution is 6.38. The van der Waals surface area contributed by atoms with E-state index in [0.29, 0.717) is 23.2 Å². The number of rotatable bonds is 7. The number of unbranched alkanes of at least 4 members (excludes halogenated alkanes) is 1. The van der Waals surface area contributed by atoms with Crippen molar-refractivity contribution in [2.75, 3.05) is 13.2 Å². The molecule has 0 unspecified atom stereocenters. The summed E-state index contributed by atoms with van der Waals surface area (Å²) in [5, 5.41) is 3.34. The summed E-state index contributed by atoms with van der Waals surface area (Å²) >= 11 is 12.8. The number of fused-ring (bicyclic) bond motifs is 2. The molecule has 4 aromatic rings. The van der Waals surface area contributed by atoms with E-state index in [1.807, 2.05) is 25.1 Å². The molecule has 6 heteroatoms. The molecule has 0 fully saturated rings. The Bertz CT molecular complexity index is 1170. The van der Waals surface area contributed by atoms with Crippen molar-refractivity contribution < 1.29 is 4.74 Å². The minimum atomic E-state index is 0.593. The lowest BCUT2D eigenvalue weighted by atomic mass is 9.97. The Morgan fingerprint density at radius 3 is 2.76 bits per heavy atom. The second kappa shape index (κ2) is 8.62. The van der Waals surface area contributed by atoms with Crippen molar-refractivity contribution >= 4 is 45.0 Å². The first-order chi connectivity index (χ1) is 14.1. The minimum Gasteiger partial charge on any atom is -0.492 e. The van der Waals surface area contributed by atoms with Crippen LogP contribution in [-0.2, 0) is 6.42 Å². The van der Waals surface area contributed by atoms with E-state index in [1.165, 1.54) is 5.56 Å². The molecule has 0 radical (unpaired) electrons. The molecule has 0 aliphatic rings. The van der Waals surface area contributed by atoms with Gasteiger partial charge in [0, 0.05) is 27.6 Å². The zero-order valence-corrected chi connectivity index (χ0v) is 17.8. The fourth-order valence-corrected chi connectivity index (χ4v) is 4.39. The van der Waals surface area contributed by atoms with E-state index in [2.05, 4.69) is 22.1 Å². The summed E-state index contributed by atoms with van der Waals surface area (Å²) in [6.45, 7) is 3.24. The van der Waals surface area contributed by atoms with Gasteiger partial charge in [-0.1, -0.05) is 29.3 Å². The number of aryl methyl sites for hydroxylation is 1. The average Bonchev–Trinajstić information content (AvgIpc) is 3.07. The number of H-pyrrole nitrogens is 1. The van der Waals surface area contributed by atoms with Crippen molar-refractivity contribution in [1.82, 2.24) is 9.97 Å². The molecule has 0 saturated heterocycles. The van der Waals surface area contributed by atoms with Crippen LogP contribution in [0.4, 0.5) is 0 Å². The molecule has 0 bridgehead atoms. The molecule has 0 spiro atoms. The number of aromatic nitrogens is 2. The first-order valence-corrected chi connectivity index (χ1v) is 10.6. The van der Waals surface area contributed by atoms with Crippen LogP contribution in [-0.4, -0.2) is 23.1 Å². The number of hydrogen-bond acceptors (Lipinski definition) is 3. The second-order valence-electron chi connectivity index (χ2n) is 6.98. The molecule has 2 aromatic carbocycles. The lowest BCUT2D eigenvalue weighted by molar-refractivity contribution is 0.343. The quantitative estimate of drug-likeness (QED) is 0.336. The zero-order chi connectivity index (χ0) is 20.4. The van der Waals surface area contributed by atoms with Gasteiger partial charge in [-0.3, -0.25) is 4.98 Å². The summed E-state index contributed by atoms with van der Waals surface area (Å²) in [7, 11) is 0. The smallest absolute Gasteiger partial charge is 0.145 e. The van der Waals surface area contributed by atoms with Gasteiger partial charge in [0.25, 0.3) is 0 Å². The summed E-state index contributed by atoms with van der Waals surface area (Å²) in [4.78, 5) is 8.13. The first kappa shape index (κ1) is 20.0. The number of halogens is 2. The van der Waals surface area contributed by atoms with Gasteiger partial charge in [-0.25, -0.2) is 0 Å². The standard InChI is InChI=1S/C23H23Cl2N3O/c1-2-29-20-9-8-17(15-7-5-11-27-23(15)20)21-16(6-3-4-10-26)18-12-14(24)13-19(25)22(18)28-21/h5,7-9,11-13,28H,2-4,6,10,26H2,1H3. The van der Waals surface area contributed by atoms with E-state index in [9.17, 15) is 0 Å². The van der Waals surface area contributed by atoms with Gasteiger partial charge in [-0.05, 0) is 68.6 Å². The fraction of sp³-hybridized carbons (Fsp3) is 0.261. The number of nitrogens with two attached hydrogens (primary N) is 1. The Kier molecular flexibility index (Phi) is 5.95. The topological polar surface area (TPSA) is 63.9 Å². The number of hydrogen-bond donors (Lipinski definition) is 2. The van der Waals surface area contributed by atoms with Crippen molar-refractivity contribution in [3.05, 3.63) is 58.2 Å². The van der Waals surface area contributed by atoms with Crippen LogP contribution in [0.3, 0.4) is 0 Å². The molecular weight excluding hydrogens is 405 g/mol. The Balaban J connectivity index is 1.97. The van der Waals surface area contributed by atoms with Gasteiger partial charge in [0.1, 0.15) is 11.3 Å². The second-order valence-corrected chi connectivity index (χ2v) is 7.82. The molecule has 3 N–H and O–H groups in total. The number of pyridine rings is 1. The van der Waals surface area contributed by atoms with Crippen LogP contribution in [0.1, 0.15) is 25.3 Å². The predicted octanol–water partition coefficient (Wildman–Crippen LogP) is 6.37. The third kappa shape index (κ3) is 3.80. The first-order valence-electron chi connectivity index (χ1n) is 9.84. The molecule has 0 aliphatic carbocycles. The van der Waals surface area contributed by atoms with E-state index < -0.39 is 0 Å². The van der Waals surface area contributed by atoms with Crippen LogP contribution in [0.5, 0.6) is 5.75 Å². The van der Waals surface area contributed by atoms with Gasteiger partial charge >= 0.3 is 0 Å². The highest BCUT2D eigenvalue weighted by atomic mass is 35.5. The highest BCUT2D eigenvalue weighted by Gasteiger charge is 2.19. The minimum absolute atomic E-state index is 0.593. The molecule has 4 rings (SSSR count). The summed E-state index contributed by atoms with van der Waals surface area (Å²) in [6.07, 6.45) is 4.64. The third-order valence-corrected chi connectivity index (χ3v) is 5.63. The molecule has 2 aromatic heterocycles. The predicted molar refractivity (Wildman–Crippen MR) is 122 cm³/mol. The van der Waals surface area contributed by atoms with Crippen molar-refractivity contribution in [2.45, 2.75) is 26.2 Å². The SMILES string of the molecule is CCOc1ccc(-c2[nH]c3c(Cl)cc(Cl)cc3c2CCCCN)c2cccnc12. The Morgan fingerprint density at radius 1 is 1.10 bits per heavy atom. The fourth-order valence-electron chi connectivity index (χ4n) is 3.85. The Labute approximate surface area is 180 Å². The lowest BCUT2D eigenvalue weighted by Gasteiger charge is -2.12. The van der Waals surface area contributed by atoms with Gasteiger partial charge in [0.2, 0.25) is 0 Å². The van der Waals surface area contributed by atoms with Gasteiger partial charge < -0.3 is 15.5 Å². The van der Waals surface area contributed by atoms with Crippen LogP contribution >= 0.6 is 23.2 Å². The molecule has 29 heavy (non-hydrogen) atoms. The Morgan fingerprint density at radius 2 is 1.97 bits per heavy atom. The van der Waals surface area contributed by atoms with E-state index in [1.54, 1.807) is 12.3 Å². The maximum absolute atomic E-state index is 6.51. The number of aromatic amines is 1. The van der Waals surface area contributed by atoms with E-state index in [0.717, 1.165) is 58.1 Å². The molecule has 0 aliphatic heterocycles. The van der Waals surface area contributed by atoms with Crippen LogP contribution in [0.2, 0.25) is 10.0 Å². The normalized spacial score (nSPS) is 11.4. The number of nitrogens with one attached hydrogen (secondary N) is 1. The molecule has 4 nitrogen and oxygen atoms in total. The number of benzene rings is 2. The van der Waals surface area contributed by atoms with Crippen LogP contribution in [0.25, 0.3) is 33.1 Å². The third-order valence-electron chi connectivity index (χ3n) is 5.11. The highest BCUT2D eigenvalue weighted by Crippen LogP contribution is 2.40. The molecule has 0 amide bonds. The van der Waals surface area contributed by atoms with Crippen LogP contribution in [0.15, 0.2) is 42.6 Å². The van der Waals surface area contributed by atoms with Crippen LogP contribution < -0.4 is 10.5 Å². The lowest BCUT2D eigenvalue weighted by Crippen LogP contribution is -1.99. The van der Waals surface area contributed by atoms with Crippen molar-refractivity contribution in [2.24, 2.45) is 5.73 Å². The van der Waals surface area contributed by atoms with Gasteiger partial charge in [-0.2, -0.15) is 0 Å². The Hall–Kier alpha value is -2.27. The van der Waals surface area contributed by atoms with Gasteiger partial charge in [0.05, 0.1) is 22.8 Å². The number of nitrogens with zero attached hydrogens (tertiary/aromatic N) is 1. The van der Waals surface area contributed by atoms with E-state index in [4.69, 9.17) is 33.7 Å². The molecule has 0 saturated carbocycles. The monoisotopic (exact) mass is 427 g/mol. The largest absolute Gasteiger partial charge is 0.492 e. The van der Waals surface area contributed by atoms with Crippen molar-refractivity contribution in [3.63, 3.8) is 0 Å².